The number of rotatable bonds is 10. The van der Waals surface area contributed by atoms with Crippen LogP contribution < -0.4 is 5.32 Å². The molecule has 1 aromatic carbocycles. The van der Waals surface area contributed by atoms with Gasteiger partial charge in [0.1, 0.15) is 6.04 Å². The Morgan fingerprint density at radius 1 is 1.18 bits per heavy atom. The summed E-state index contributed by atoms with van der Waals surface area (Å²) < 4.78 is 9.54. The highest BCUT2D eigenvalue weighted by molar-refractivity contribution is 5.98. The van der Waals surface area contributed by atoms with E-state index in [2.05, 4.69) is 5.32 Å². The van der Waals surface area contributed by atoms with Crippen molar-refractivity contribution >= 4 is 29.5 Å². The topological polar surface area (TPSA) is 162 Å². The highest BCUT2D eigenvalue weighted by Gasteiger charge is 2.38. The average molecular weight is 396 g/mol. The number of carboxylic acid groups (broad SMARTS) is 1. The van der Waals surface area contributed by atoms with Crippen molar-refractivity contribution < 1.29 is 38.7 Å². The van der Waals surface area contributed by atoms with E-state index in [9.17, 15) is 34.4 Å². The molecule has 2 N–H and O–H groups in total. The lowest BCUT2D eigenvalue weighted by Gasteiger charge is -2.22. The van der Waals surface area contributed by atoms with Gasteiger partial charge in [-0.05, 0) is 19.9 Å². The summed E-state index contributed by atoms with van der Waals surface area (Å²) in [5, 5.41) is 22.4. The number of ether oxygens (including phenoxy) is 2. The van der Waals surface area contributed by atoms with Gasteiger partial charge in [0.15, 0.2) is 0 Å². The number of nitrogens with zero attached hydrogens (tertiary/aromatic N) is 1. The molecule has 0 unspecified atom stereocenters. The van der Waals surface area contributed by atoms with Gasteiger partial charge in [-0.3, -0.25) is 24.5 Å². The summed E-state index contributed by atoms with van der Waals surface area (Å²) in [5.41, 5.74) is -0.549. The van der Waals surface area contributed by atoms with E-state index in [1.54, 1.807) is 0 Å². The third kappa shape index (κ3) is 6.34. The lowest BCUT2D eigenvalue weighted by Crippen LogP contribution is -2.49. The highest BCUT2D eigenvalue weighted by atomic mass is 16.6. The fraction of sp³-hybridized carbons (Fsp3) is 0.412. The molecule has 1 amide bonds. The molecule has 0 spiro atoms. The number of carbonyl (C=O) groups excluding carboxylic acids is 3. The number of nitro groups is 1. The normalized spacial score (nSPS) is 12.4. The van der Waals surface area contributed by atoms with Crippen molar-refractivity contribution in [2.24, 2.45) is 5.92 Å². The SMILES string of the molecule is CCOC(=O)C[C@H](C(=O)OCC)[C@H](NC(=O)c1cccc([N+](=O)[O-])c1)C(=O)O. The summed E-state index contributed by atoms with van der Waals surface area (Å²) in [7, 11) is 0. The second-order valence-corrected chi connectivity index (χ2v) is 5.46. The Bertz CT molecular complexity index is 763. The first-order valence-electron chi connectivity index (χ1n) is 8.31. The molecular weight excluding hydrogens is 376 g/mol. The largest absolute Gasteiger partial charge is 0.480 e. The van der Waals surface area contributed by atoms with Crippen LogP contribution in [0.2, 0.25) is 0 Å². The van der Waals surface area contributed by atoms with Gasteiger partial charge in [-0.15, -0.1) is 0 Å². The molecule has 28 heavy (non-hydrogen) atoms. The van der Waals surface area contributed by atoms with Crippen molar-refractivity contribution in [3.63, 3.8) is 0 Å². The number of hydrogen-bond donors (Lipinski definition) is 2. The van der Waals surface area contributed by atoms with Crippen molar-refractivity contribution in [1.82, 2.24) is 5.32 Å². The molecule has 152 valence electrons. The predicted octanol–water partition coefficient (Wildman–Crippen LogP) is 0.910. The molecule has 0 aromatic heterocycles. The Hall–Kier alpha value is -3.50. The summed E-state index contributed by atoms with van der Waals surface area (Å²) in [6.07, 6.45) is -0.626. The Labute approximate surface area is 159 Å². The predicted molar refractivity (Wildman–Crippen MR) is 93.4 cm³/mol. The number of hydrogen-bond acceptors (Lipinski definition) is 8. The molecular formula is C17H20N2O9. The van der Waals surface area contributed by atoms with E-state index in [4.69, 9.17) is 9.47 Å². The van der Waals surface area contributed by atoms with Gasteiger partial charge in [-0.25, -0.2) is 4.79 Å². The molecule has 0 saturated heterocycles. The van der Waals surface area contributed by atoms with Gasteiger partial charge < -0.3 is 19.9 Å². The van der Waals surface area contributed by atoms with Gasteiger partial charge in [0.2, 0.25) is 0 Å². The number of aliphatic carboxylic acids is 1. The van der Waals surface area contributed by atoms with Gasteiger partial charge in [-0.1, -0.05) is 6.07 Å². The average Bonchev–Trinajstić information content (AvgIpc) is 2.64. The van der Waals surface area contributed by atoms with Crippen molar-refractivity contribution in [3.8, 4) is 0 Å². The molecule has 0 aliphatic rings. The van der Waals surface area contributed by atoms with E-state index in [0.29, 0.717) is 0 Å². The molecule has 0 bridgehead atoms. The number of carboxylic acids is 1. The lowest BCUT2D eigenvalue weighted by atomic mass is 9.95. The minimum Gasteiger partial charge on any atom is -0.480 e. The standard InChI is InChI=1S/C17H20N2O9/c1-3-27-13(20)9-12(17(24)28-4-2)14(16(22)23)18-15(21)10-6-5-7-11(8-10)19(25)26/h5-8,12,14H,3-4,9H2,1-2H3,(H,18,21)(H,22,23)/t12-,14-/m0/s1. The third-order valence-electron chi connectivity index (χ3n) is 3.56. The van der Waals surface area contributed by atoms with Crippen LogP contribution in [0.1, 0.15) is 30.6 Å². The molecule has 0 radical (unpaired) electrons. The monoisotopic (exact) mass is 396 g/mol. The number of amides is 1. The number of non-ortho nitro benzene ring substituents is 1. The van der Waals surface area contributed by atoms with Crippen molar-refractivity contribution in [2.75, 3.05) is 13.2 Å². The van der Waals surface area contributed by atoms with Crippen LogP contribution >= 0.6 is 0 Å². The molecule has 1 aromatic rings. The van der Waals surface area contributed by atoms with E-state index < -0.39 is 47.1 Å². The molecule has 2 atom stereocenters. The maximum Gasteiger partial charge on any atom is 0.327 e. The fourth-order valence-electron chi connectivity index (χ4n) is 2.31. The zero-order chi connectivity index (χ0) is 21.3. The van der Waals surface area contributed by atoms with E-state index in [1.165, 1.54) is 26.0 Å². The summed E-state index contributed by atoms with van der Waals surface area (Å²) in [6, 6.07) is 2.80. The van der Waals surface area contributed by atoms with Crippen LogP contribution in [0, 0.1) is 16.0 Å². The zero-order valence-corrected chi connectivity index (χ0v) is 15.2. The Kier molecular flexibility index (Phi) is 8.53. The van der Waals surface area contributed by atoms with Crippen molar-refractivity contribution in [1.29, 1.82) is 0 Å². The molecule has 11 heteroatoms. The number of carbonyl (C=O) groups is 4. The van der Waals surface area contributed by atoms with Gasteiger partial charge in [0, 0.05) is 17.7 Å². The minimum atomic E-state index is -1.81. The van der Waals surface area contributed by atoms with Crippen LogP contribution in [0.3, 0.4) is 0 Å². The van der Waals surface area contributed by atoms with Crippen LogP contribution in [0.5, 0.6) is 0 Å². The second kappa shape index (κ2) is 10.6. The Morgan fingerprint density at radius 3 is 2.36 bits per heavy atom. The summed E-state index contributed by atoms with van der Waals surface area (Å²) >= 11 is 0. The maximum absolute atomic E-state index is 12.4. The van der Waals surface area contributed by atoms with Crippen molar-refractivity contribution in [2.45, 2.75) is 26.3 Å². The van der Waals surface area contributed by atoms with Gasteiger partial charge in [0.05, 0.1) is 30.5 Å². The highest BCUT2D eigenvalue weighted by Crippen LogP contribution is 2.17. The quantitative estimate of drug-likeness (QED) is 0.332. The first-order chi connectivity index (χ1) is 13.2. The Morgan fingerprint density at radius 2 is 1.82 bits per heavy atom. The van der Waals surface area contributed by atoms with Gasteiger partial charge in [-0.2, -0.15) is 0 Å². The smallest absolute Gasteiger partial charge is 0.327 e. The molecule has 0 heterocycles. The summed E-state index contributed by atoms with van der Waals surface area (Å²) in [6.45, 7) is 2.99. The molecule has 0 aliphatic carbocycles. The first kappa shape index (κ1) is 22.5. The van der Waals surface area contributed by atoms with Gasteiger partial charge >= 0.3 is 17.9 Å². The van der Waals surface area contributed by atoms with E-state index >= 15 is 0 Å². The molecule has 0 fully saturated rings. The van der Waals surface area contributed by atoms with E-state index in [1.807, 2.05) is 0 Å². The van der Waals surface area contributed by atoms with Crippen LogP contribution in [0.4, 0.5) is 5.69 Å². The van der Waals surface area contributed by atoms with Gasteiger partial charge in [0.25, 0.3) is 11.6 Å². The molecule has 11 nitrogen and oxygen atoms in total. The number of nitro benzene ring substituents is 1. The summed E-state index contributed by atoms with van der Waals surface area (Å²) in [5.74, 6) is -5.92. The lowest BCUT2D eigenvalue weighted by molar-refractivity contribution is -0.384. The molecule has 0 aliphatic heterocycles. The molecule has 1 rings (SSSR count). The third-order valence-corrected chi connectivity index (χ3v) is 3.56. The van der Waals surface area contributed by atoms with Crippen LogP contribution in [0.15, 0.2) is 24.3 Å². The van der Waals surface area contributed by atoms with Crippen molar-refractivity contribution in [3.05, 3.63) is 39.9 Å². The zero-order valence-electron chi connectivity index (χ0n) is 15.2. The minimum absolute atomic E-state index is 0.0200. The number of benzene rings is 1. The fourth-order valence-corrected chi connectivity index (χ4v) is 2.31. The maximum atomic E-state index is 12.4. The number of nitrogens with one attached hydrogen (secondary N) is 1. The first-order valence-corrected chi connectivity index (χ1v) is 8.31. The number of esters is 2. The van der Waals surface area contributed by atoms with E-state index in [-0.39, 0.29) is 24.5 Å². The van der Waals surface area contributed by atoms with Crippen LogP contribution in [-0.2, 0) is 23.9 Å². The Balaban J connectivity index is 3.12. The second-order valence-electron chi connectivity index (χ2n) is 5.46. The summed E-state index contributed by atoms with van der Waals surface area (Å²) in [4.78, 5) is 58.0. The van der Waals surface area contributed by atoms with Crippen LogP contribution in [-0.4, -0.2) is 53.1 Å². The van der Waals surface area contributed by atoms with Crippen LogP contribution in [0.25, 0.3) is 0 Å². The van der Waals surface area contributed by atoms with E-state index in [0.717, 1.165) is 12.1 Å². The molecule has 0 saturated carbocycles.